The molecule has 0 fully saturated rings. The number of nitrogens with zero attached hydrogens (tertiary/aromatic N) is 4. The van der Waals surface area contributed by atoms with Crippen molar-refractivity contribution < 1.29 is 4.57 Å². The van der Waals surface area contributed by atoms with E-state index >= 15 is 0 Å². The Morgan fingerprint density at radius 1 is 0.909 bits per heavy atom. The summed E-state index contributed by atoms with van der Waals surface area (Å²) in [6, 6.07) is 14.8. The summed E-state index contributed by atoms with van der Waals surface area (Å²) in [7, 11) is 2.11. The topological polar surface area (TPSA) is 17.0 Å². The van der Waals surface area contributed by atoms with Gasteiger partial charge in [0, 0.05) is 30.9 Å². The van der Waals surface area contributed by atoms with Gasteiger partial charge in [-0.25, -0.2) is 16.0 Å². The van der Waals surface area contributed by atoms with Crippen LogP contribution < -0.4 is 4.57 Å². The molecule has 0 radical (unpaired) electrons. The second-order valence-electron chi connectivity index (χ2n) is 9.64. The van der Waals surface area contributed by atoms with Gasteiger partial charge < -0.3 is 9.25 Å². The van der Waals surface area contributed by atoms with Crippen LogP contribution in [0.3, 0.4) is 0 Å². The van der Waals surface area contributed by atoms with E-state index in [1.807, 2.05) is 26.0 Å². The molecule has 158 valence electrons. The average Bonchev–Trinajstić information content (AvgIpc) is 3.13. The number of hydrogen-bond donors (Lipinski definition) is 0. The summed E-state index contributed by atoms with van der Waals surface area (Å²) in [6.45, 7) is 23.7. The van der Waals surface area contributed by atoms with Crippen LogP contribution >= 0.6 is 0 Å². The number of aryl methyl sites for hydroxylation is 3. The largest absolute Gasteiger partial charge is 0.308 e. The van der Waals surface area contributed by atoms with Crippen LogP contribution in [-0.4, -0.2) is 4.40 Å². The molecule has 0 bridgehead atoms. The molecule has 0 spiro atoms. The number of aromatic nitrogens is 2. The third-order valence-electron chi connectivity index (χ3n) is 7.36. The highest BCUT2D eigenvalue weighted by molar-refractivity contribution is 6.26. The fourth-order valence-corrected chi connectivity index (χ4v) is 5.38. The number of pyridine rings is 2. The molecular weight excluding hydrogens is 404 g/mol. The van der Waals surface area contributed by atoms with E-state index in [1.165, 1.54) is 38.3 Å². The van der Waals surface area contributed by atoms with Gasteiger partial charge in [0.15, 0.2) is 11.9 Å². The van der Waals surface area contributed by atoms with Crippen LogP contribution in [0.4, 0.5) is 5.69 Å². The predicted octanol–water partition coefficient (Wildman–Crippen LogP) is 7.14. The van der Waals surface area contributed by atoms with Gasteiger partial charge in [-0.05, 0) is 66.1 Å². The first-order valence-corrected chi connectivity index (χ1v) is 11.1. The van der Waals surface area contributed by atoms with Crippen LogP contribution in [0.25, 0.3) is 58.7 Å². The van der Waals surface area contributed by atoms with Gasteiger partial charge in [0.25, 0.3) is 5.54 Å². The van der Waals surface area contributed by atoms with E-state index in [9.17, 15) is 0 Å². The van der Waals surface area contributed by atoms with Gasteiger partial charge >= 0.3 is 0 Å². The minimum Gasteiger partial charge on any atom is -0.308 e. The molecule has 33 heavy (non-hydrogen) atoms. The van der Waals surface area contributed by atoms with E-state index in [0.29, 0.717) is 5.69 Å². The van der Waals surface area contributed by atoms with Crippen LogP contribution in [0.1, 0.15) is 30.5 Å². The summed E-state index contributed by atoms with van der Waals surface area (Å²) in [4.78, 5) is 7.62. The van der Waals surface area contributed by atoms with Crippen molar-refractivity contribution >= 4 is 54.7 Å². The smallest absolute Gasteiger partial charge is 0.252 e. The minimum atomic E-state index is -0.619. The fourth-order valence-electron chi connectivity index (χ4n) is 5.38. The van der Waals surface area contributed by atoms with Gasteiger partial charge in [0.1, 0.15) is 7.05 Å². The van der Waals surface area contributed by atoms with E-state index in [0.717, 1.165) is 27.4 Å². The Kier molecular flexibility index (Phi) is 3.68. The van der Waals surface area contributed by atoms with Gasteiger partial charge in [-0.15, -0.1) is 0 Å². The summed E-state index contributed by atoms with van der Waals surface area (Å²) in [5, 5.41) is 5.88. The van der Waals surface area contributed by atoms with Gasteiger partial charge in [-0.2, -0.15) is 0 Å². The second-order valence-corrected chi connectivity index (χ2v) is 9.64. The van der Waals surface area contributed by atoms with Crippen molar-refractivity contribution in [2.75, 3.05) is 0 Å². The Morgan fingerprint density at radius 2 is 1.70 bits per heavy atom. The third-order valence-corrected chi connectivity index (χ3v) is 7.36. The molecule has 3 aromatic heterocycles. The van der Waals surface area contributed by atoms with Crippen LogP contribution in [-0.2, 0) is 12.6 Å². The molecule has 0 amide bonds. The SMILES string of the molecule is [C-]#[N+]c1ccc2c(c1)c1cc(C)c(C)c3c1n2c1cc(C(C)(C)[N+]#[C-])cc2cc[n+](C)c3c21. The zero-order valence-electron chi connectivity index (χ0n) is 19.4. The lowest BCUT2D eigenvalue weighted by Gasteiger charge is -2.17. The fraction of sp³-hybridized carbons (Fsp3) is 0.207. The first-order valence-electron chi connectivity index (χ1n) is 11.1. The molecule has 0 saturated heterocycles. The Labute approximate surface area is 192 Å². The Hall–Kier alpha value is -4.15. The van der Waals surface area contributed by atoms with Gasteiger partial charge in [0.2, 0.25) is 5.52 Å². The lowest BCUT2D eigenvalue weighted by Crippen LogP contribution is -2.29. The highest BCUT2D eigenvalue weighted by atomic mass is 15.0. The minimum absolute atomic E-state index is 0.619. The van der Waals surface area contributed by atoms with Crippen molar-refractivity contribution in [3.8, 4) is 0 Å². The lowest BCUT2D eigenvalue weighted by atomic mass is 9.90. The Balaban J connectivity index is 2.04. The van der Waals surface area contributed by atoms with Crippen LogP contribution in [0.2, 0.25) is 0 Å². The monoisotopic (exact) mass is 427 g/mol. The normalized spacial score (nSPS) is 12.3. The van der Waals surface area contributed by atoms with Gasteiger partial charge in [-0.3, -0.25) is 0 Å². The zero-order chi connectivity index (χ0) is 23.2. The Morgan fingerprint density at radius 3 is 2.42 bits per heavy atom. The van der Waals surface area contributed by atoms with Crippen LogP contribution in [0.5, 0.6) is 0 Å². The predicted molar refractivity (Wildman–Crippen MR) is 135 cm³/mol. The summed E-state index contributed by atoms with van der Waals surface area (Å²) >= 11 is 0. The molecule has 0 atom stereocenters. The molecule has 4 nitrogen and oxygen atoms in total. The number of hydrogen-bond acceptors (Lipinski definition) is 0. The van der Waals surface area contributed by atoms with Crippen LogP contribution in [0, 0.1) is 27.0 Å². The van der Waals surface area contributed by atoms with Gasteiger partial charge in [-0.1, -0.05) is 6.07 Å². The first-order chi connectivity index (χ1) is 15.8. The molecule has 0 aliphatic rings. The zero-order valence-corrected chi connectivity index (χ0v) is 19.4. The summed E-state index contributed by atoms with van der Waals surface area (Å²) in [5.74, 6) is 0. The van der Waals surface area contributed by atoms with Crippen molar-refractivity contribution in [1.82, 2.24) is 4.40 Å². The second kappa shape index (κ2) is 6.21. The molecular formula is C29H23N4+. The van der Waals surface area contributed by atoms with E-state index in [-0.39, 0.29) is 0 Å². The summed E-state index contributed by atoms with van der Waals surface area (Å²) < 4.78 is 4.58. The highest BCUT2D eigenvalue weighted by Crippen LogP contribution is 2.43. The molecule has 0 N–H and O–H groups in total. The molecule has 6 rings (SSSR count). The molecule has 0 aliphatic heterocycles. The first kappa shape index (κ1) is 19.5. The maximum atomic E-state index is 7.78. The molecule has 6 aromatic rings. The van der Waals surface area contributed by atoms with Crippen molar-refractivity contribution in [3.05, 3.63) is 88.2 Å². The standard InChI is InChI=1S/C29H23N4/c1-16-12-22-21-15-20(30-5)8-9-23(21)33-24-14-19(29(3,4)31-6)13-18-10-11-32(7)28(26(18)24)25(17(16)2)27(22)33/h8-15H,1-4,7H3/q+1. The highest BCUT2D eigenvalue weighted by Gasteiger charge is 2.30. The molecule has 0 saturated carbocycles. The molecule has 3 heterocycles. The molecule has 0 unspecified atom stereocenters. The maximum absolute atomic E-state index is 7.78. The average molecular weight is 428 g/mol. The van der Waals surface area contributed by atoms with E-state index < -0.39 is 5.54 Å². The van der Waals surface area contributed by atoms with E-state index in [2.05, 4.69) is 76.1 Å². The summed E-state index contributed by atoms with van der Waals surface area (Å²) in [5.41, 5.74) is 8.16. The van der Waals surface area contributed by atoms with E-state index in [4.69, 9.17) is 13.1 Å². The van der Waals surface area contributed by atoms with Crippen LogP contribution in [0.15, 0.2) is 48.7 Å². The Bertz CT molecular complexity index is 1890. The number of fused-ring (bicyclic) bond motifs is 5. The van der Waals surface area contributed by atoms with Gasteiger partial charge in [0.05, 0.1) is 33.9 Å². The summed E-state index contributed by atoms with van der Waals surface area (Å²) in [6.07, 6.45) is 2.12. The quantitative estimate of drug-likeness (QED) is 0.115. The van der Waals surface area contributed by atoms with Crippen molar-refractivity contribution in [1.29, 1.82) is 0 Å². The molecule has 4 heteroatoms. The number of rotatable bonds is 1. The molecule has 3 aromatic carbocycles. The third kappa shape index (κ3) is 2.36. The van der Waals surface area contributed by atoms with Crippen molar-refractivity contribution in [2.45, 2.75) is 33.2 Å². The molecule has 0 aliphatic carbocycles. The van der Waals surface area contributed by atoms with E-state index in [1.54, 1.807) is 0 Å². The van der Waals surface area contributed by atoms with Crippen molar-refractivity contribution in [3.63, 3.8) is 0 Å². The maximum Gasteiger partial charge on any atom is 0.252 e. The number of benzene rings is 3. The lowest BCUT2D eigenvalue weighted by molar-refractivity contribution is -0.643. The van der Waals surface area contributed by atoms with Crippen molar-refractivity contribution in [2.24, 2.45) is 7.05 Å².